The van der Waals surface area contributed by atoms with Gasteiger partial charge in [0.2, 0.25) is 5.91 Å². The second kappa shape index (κ2) is 5.75. The molecular weight excluding hydrogens is 274 g/mol. The Kier molecular flexibility index (Phi) is 4.06. The van der Waals surface area contributed by atoms with Crippen molar-refractivity contribution >= 4 is 23.3 Å². The fourth-order valence-corrected chi connectivity index (χ4v) is 1.68. The fourth-order valence-electron chi connectivity index (χ4n) is 1.52. The third kappa shape index (κ3) is 3.26. The zero-order chi connectivity index (χ0) is 13.8. The number of carbonyl (C=O) groups excluding carboxylic acids is 1. The molecule has 0 atom stereocenters. The van der Waals surface area contributed by atoms with E-state index >= 15 is 0 Å². The van der Waals surface area contributed by atoms with Crippen LogP contribution in [0.3, 0.4) is 0 Å². The average Bonchev–Trinajstić information content (AvgIpc) is 2.37. The molecule has 0 unspecified atom stereocenters. The summed E-state index contributed by atoms with van der Waals surface area (Å²) in [6.07, 6.45) is 1.02. The number of hydrogen-bond donors (Lipinski definition) is 1. The molecule has 0 saturated carbocycles. The van der Waals surface area contributed by atoms with Gasteiger partial charge in [0.05, 0.1) is 11.4 Å². The molecule has 1 N–H and O–H groups in total. The van der Waals surface area contributed by atoms with Crippen molar-refractivity contribution in [3.8, 4) is 0 Å². The van der Waals surface area contributed by atoms with Crippen molar-refractivity contribution in [2.45, 2.75) is 6.42 Å². The monoisotopic (exact) mass is 282 g/mol. The molecule has 19 heavy (non-hydrogen) atoms. The van der Waals surface area contributed by atoms with Gasteiger partial charge in [-0.25, -0.2) is 13.8 Å². The summed E-state index contributed by atoms with van der Waals surface area (Å²) < 4.78 is 26.7. The highest BCUT2D eigenvalue weighted by Gasteiger charge is 2.14. The first-order valence-electron chi connectivity index (χ1n) is 5.41. The molecule has 0 aliphatic heterocycles. The molecule has 2 aromatic rings. The van der Waals surface area contributed by atoms with Crippen LogP contribution in [0.2, 0.25) is 5.02 Å². The van der Waals surface area contributed by atoms with Crippen LogP contribution in [-0.4, -0.2) is 10.9 Å². The molecular formula is C13H9ClF2N2O. The van der Waals surface area contributed by atoms with Crippen LogP contribution >= 0.6 is 11.6 Å². The van der Waals surface area contributed by atoms with Crippen molar-refractivity contribution < 1.29 is 13.6 Å². The summed E-state index contributed by atoms with van der Waals surface area (Å²) in [5.74, 6) is -1.96. The van der Waals surface area contributed by atoms with E-state index in [1.165, 1.54) is 12.3 Å². The third-order valence-corrected chi connectivity index (χ3v) is 2.72. The first-order valence-corrected chi connectivity index (χ1v) is 5.79. The summed E-state index contributed by atoms with van der Waals surface area (Å²) in [7, 11) is 0. The van der Waals surface area contributed by atoms with Crippen LogP contribution in [0.1, 0.15) is 5.56 Å². The van der Waals surface area contributed by atoms with Crippen molar-refractivity contribution in [3.63, 3.8) is 0 Å². The quantitative estimate of drug-likeness (QED) is 0.939. The standard InChI is InChI=1S/C13H9ClF2N2O/c14-9-3-2-6-17-13(9)18-12(19)7-8-10(15)4-1-5-11(8)16/h1-6H,7H2,(H,17,18,19). The number of aromatic nitrogens is 1. The van der Waals surface area contributed by atoms with E-state index in [2.05, 4.69) is 10.3 Å². The number of pyridine rings is 1. The Hall–Kier alpha value is -2.01. The number of nitrogens with zero attached hydrogens (tertiary/aromatic N) is 1. The van der Waals surface area contributed by atoms with Gasteiger partial charge >= 0.3 is 0 Å². The van der Waals surface area contributed by atoms with Gasteiger partial charge in [0, 0.05) is 11.8 Å². The third-order valence-electron chi connectivity index (χ3n) is 2.42. The minimum atomic E-state index is -0.762. The molecule has 0 aliphatic rings. The van der Waals surface area contributed by atoms with E-state index in [1.54, 1.807) is 12.1 Å². The highest BCUT2D eigenvalue weighted by atomic mass is 35.5. The van der Waals surface area contributed by atoms with Gasteiger partial charge in [-0.15, -0.1) is 0 Å². The minimum absolute atomic E-state index is 0.158. The van der Waals surface area contributed by atoms with Gasteiger partial charge in [0.1, 0.15) is 11.6 Å². The lowest BCUT2D eigenvalue weighted by molar-refractivity contribution is -0.115. The fraction of sp³-hybridized carbons (Fsp3) is 0.0769. The second-order valence-corrected chi connectivity index (χ2v) is 4.17. The van der Waals surface area contributed by atoms with Crippen LogP contribution in [-0.2, 0) is 11.2 Å². The van der Waals surface area contributed by atoms with Crippen molar-refractivity contribution in [2.24, 2.45) is 0 Å². The maximum Gasteiger partial charge on any atom is 0.230 e. The zero-order valence-electron chi connectivity index (χ0n) is 9.66. The molecule has 1 heterocycles. The number of halogens is 3. The summed E-state index contributed by atoms with van der Waals surface area (Å²) in [4.78, 5) is 15.5. The van der Waals surface area contributed by atoms with Crippen molar-refractivity contribution in [2.75, 3.05) is 5.32 Å². The molecule has 1 aromatic heterocycles. The van der Waals surface area contributed by atoms with Gasteiger partial charge in [-0.05, 0) is 24.3 Å². The molecule has 3 nitrogen and oxygen atoms in total. The Morgan fingerprint density at radius 1 is 1.21 bits per heavy atom. The molecule has 0 spiro atoms. The van der Waals surface area contributed by atoms with E-state index in [0.29, 0.717) is 0 Å². The Morgan fingerprint density at radius 3 is 2.53 bits per heavy atom. The molecule has 0 saturated heterocycles. The molecule has 98 valence electrons. The highest BCUT2D eigenvalue weighted by Crippen LogP contribution is 2.18. The summed E-state index contributed by atoms with van der Waals surface area (Å²) in [6.45, 7) is 0. The predicted octanol–water partition coefficient (Wildman–Crippen LogP) is 3.19. The molecule has 1 aromatic carbocycles. The summed E-state index contributed by atoms with van der Waals surface area (Å²) in [5.41, 5.74) is -0.285. The number of anilines is 1. The van der Waals surface area contributed by atoms with Crippen LogP contribution in [0.15, 0.2) is 36.5 Å². The van der Waals surface area contributed by atoms with Gasteiger partial charge < -0.3 is 5.32 Å². The van der Waals surface area contributed by atoms with Gasteiger partial charge in [0.25, 0.3) is 0 Å². The summed E-state index contributed by atoms with van der Waals surface area (Å²) in [5, 5.41) is 2.65. The number of benzene rings is 1. The van der Waals surface area contributed by atoms with Gasteiger partial charge in [0.15, 0.2) is 5.82 Å². The smallest absolute Gasteiger partial charge is 0.230 e. The molecule has 0 radical (unpaired) electrons. The van der Waals surface area contributed by atoms with Crippen LogP contribution in [0.4, 0.5) is 14.6 Å². The maximum atomic E-state index is 13.4. The number of amides is 1. The van der Waals surface area contributed by atoms with Crippen molar-refractivity contribution in [1.82, 2.24) is 4.98 Å². The van der Waals surface area contributed by atoms with E-state index < -0.39 is 24.0 Å². The first kappa shape index (κ1) is 13.4. The van der Waals surface area contributed by atoms with E-state index in [9.17, 15) is 13.6 Å². The summed E-state index contributed by atoms with van der Waals surface area (Å²) in [6, 6.07) is 6.59. The van der Waals surface area contributed by atoms with Gasteiger partial charge in [-0.3, -0.25) is 4.79 Å². The lowest BCUT2D eigenvalue weighted by atomic mass is 10.1. The molecule has 1 amide bonds. The molecule has 0 fully saturated rings. The lowest BCUT2D eigenvalue weighted by Gasteiger charge is -2.07. The average molecular weight is 283 g/mol. The van der Waals surface area contributed by atoms with Crippen molar-refractivity contribution in [3.05, 3.63) is 58.7 Å². The number of rotatable bonds is 3. The van der Waals surface area contributed by atoms with Crippen LogP contribution < -0.4 is 5.32 Å². The minimum Gasteiger partial charge on any atom is -0.309 e. The van der Waals surface area contributed by atoms with E-state index in [-0.39, 0.29) is 16.4 Å². The molecule has 6 heteroatoms. The Morgan fingerprint density at radius 2 is 1.89 bits per heavy atom. The molecule has 2 rings (SSSR count). The van der Waals surface area contributed by atoms with E-state index in [0.717, 1.165) is 12.1 Å². The number of hydrogen-bond acceptors (Lipinski definition) is 2. The molecule has 0 bridgehead atoms. The van der Waals surface area contributed by atoms with Crippen LogP contribution in [0.5, 0.6) is 0 Å². The Labute approximate surface area is 113 Å². The number of nitrogens with one attached hydrogen (secondary N) is 1. The molecule has 0 aliphatic carbocycles. The van der Waals surface area contributed by atoms with E-state index in [4.69, 9.17) is 11.6 Å². The van der Waals surface area contributed by atoms with Crippen molar-refractivity contribution in [1.29, 1.82) is 0 Å². The highest BCUT2D eigenvalue weighted by molar-refractivity contribution is 6.33. The SMILES string of the molecule is O=C(Cc1c(F)cccc1F)Nc1ncccc1Cl. The maximum absolute atomic E-state index is 13.4. The van der Waals surface area contributed by atoms with Crippen LogP contribution in [0, 0.1) is 11.6 Å². The van der Waals surface area contributed by atoms with Gasteiger partial charge in [-0.2, -0.15) is 0 Å². The number of carbonyl (C=O) groups is 1. The normalized spacial score (nSPS) is 10.3. The van der Waals surface area contributed by atoms with E-state index in [1.807, 2.05) is 0 Å². The van der Waals surface area contributed by atoms with Crippen LogP contribution in [0.25, 0.3) is 0 Å². The lowest BCUT2D eigenvalue weighted by Crippen LogP contribution is -2.17. The Bertz CT molecular complexity index is 599. The second-order valence-electron chi connectivity index (χ2n) is 3.76. The first-order chi connectivity index (χ1) is 9.08. The topological polar surface area (TPSA) is 42.0 Å². The van der Waals surface area contributed by atoms with Gasteiger partial charge in [-0.1, -0.05) is 17.7 Å². The summed E-state index contributed by atoms with van der Waals surface area (Å²) >= 11 is 5.81. The predicted molar refractivity (Wildman–Crippen MR) is 67.9 cm³/mol. The largest absolute Gasteiger partial charge is 0.309 e. The Balaban J connectivity index is 2.12. The zero-order valence-corrected chi connectivity index (χ0v) is 10.4.